The summed E-state index contributed by atoms with van der Waals surface area (Å²) in [4.78, 5) is 11.9. The van der Waals surface area contributed by atoms with E-state index in [4.69, 9.17) is 4.74 Å². The lowest BCUT2D eigenvalue weighted by atomic mass is 10.0. The number of ketones is 1. The normalized spacial score (nSPS) is 12.5. The molecule has 1 unspecified atom stereocenters. The average Bonchev–Trinajstić information content (AvgIpc) is 2.31. The molecule has 0 saturated carbocycles. The Bertz CT molecular complexity index is 393. The number of Topliss-reactive ketones (excluding diaryl/α,β-unsaturated/α-hetero) is 1. The zero-order chi connectivity index (χ0) is 12.8. The van der Waals surface area contributed by atoms with Crippen molar-refractivity contribution in [1.82, 2.24) is 0 Å². The molecule has 0 aromatic heterocycles. The summed E-state index contributed by atoms with van der Waals surface area (Å²) in [6, 6.07) is 4.70. The predicted molar refractivity (Wildman–Crippen MR) is 68.5 cm³/mol. The van der Waals surface area contributed by atoms with Gasteiger partial charge in [0.25, 0.3) is 0 Å². The third-order valence-electron chi connectivity index (χ3n) is 2.49. The van der Waals surface area contributed by atoms with Crippen LogP contribution in [0.3, 0.4) is 0 Å². The van der Waals surface area contributed by atoms with E-state index in [0.29, 0.717) is 23.1 Å². The maximum Gasteiger partial charge on any atom is 0.165 e. The molecule has 0 aliphatic carbocycles. The van der Waals surface area contributed by atoms with Gasteiger partial charge >= 0.3 is 0 Å². The van der Waals surface area contributed by atoms with Crippen molar-refractivity contribution in [3.05, 3.63) is 34.1 Å². The molecule has 1 aromatic carbocycles. The highest BCUT2D eigenvalue weighted by Crippen LogP contribution is 2.21. The van der Waals surface area contributed by atoms with E-state index in [1.165, 1.54) is 6.07 Å². The number of halogens is 2. The van der Waals surface area contributed by atoms with E-state index in [1.54, 1.807) is 12.1 Å². The lowest BCUT2D eigenvalue weighted by molar-refractivity contribution is -0.129. The Morgan fingerprint density at radius 2 is 2.18 bits per heavy atom. The minimum absolute atomic E-state index is 0.0133. The van der Waals surface area contributed by atoms with Crippen LogP contribution in [-0.4, -0.2) is 18.5 Å². The molecule has 1 rings (SSSR count). The van der Waals surface area contributed by atoms with Gasteiger partial charge in [-0.25, -0.2) is 4.39 Å². The molecule has 0 spiro atoms. The Kier molecular flexibility index (Phi) is 5.78. The van der Waals surface area contributed by atoms with Crippen molar-refractivity contribution >= 4 is 21.7 Å². The molecule has 0 amide bonds. The van der Waals surface area contributed by atoms with Crippen molar-refractivity contribution < 1.29 is 13.9 Å². The number of carbonyl (C=O) groups is 1. The summed E-state index contributed by atoms with van der Waals surface area (Å²) >= 11 is 3.15. The largest absolute Gasteiger partial charge is 0.371 e. The fourth-order valence-electron chi connectivity index (χ4n) is 1.63. The van der Waals surface area contributed by atoms with E-state index in [0.717, 1.165) is 0 Å². The molecular weight excluding hydrogens is 287 g/mol. The van der Waals surface area contributed by atoms with Crippen molar-refractivity contribution in [3.63, 3.8) is 0 Å². The first-order valence-corrected chi connectivity index (χ1v) is 6.46. The zero-order valence-corrected chi connectivity index (χ0v) is 11.6. The molecule has 17 heavy (non-hydrogen) atoms. The fraction of sp³-hybridized carbons (Fsp3) is 0.462. The van der Waals surface area contributed by atoms with Gasteiger partial charge in [0, 0.05) is 13.0 Å². The molecule has 4 heteroatoms. The maximum absolute atomic E-state index is 13.3. The lowest BCUT2D eigenvalue weighted by Gasteiger charge is -2.14. The first-order valence-electron chi connectivity index (χ1n) is 5.67. The van der Waals surface area contributed by atoms with Gasteiger partial charge < -0.3 is 4.74 Å². The van der Waals surface area contributed by atoms with Crippen LogP contribution in [0.25, 0.3) is 0 Å². The topological polar surface area (TPSA) is 26.3 Å². The zero-order valence-electron chi connectivity index (χ0n) is 10.0. The van der Waals surface area contributed by atoms with Crippen LogP contribution in [0.15, 0.2) is 22.7 Å². The van der Waals surface area contributed by atoms with Crippen molar-refractivity contribution in [1.29, 1.82) is 0 Å². The molecule has 0 aliphatic heterocycles. The second-order valence-electron chi connectivity index (χ2n) is 3.71. The number of ether oxygens (including phenoxy) is 1. The Morgan fingerprint density at radius 1 is 1.47 bits per heavy atom. The van der Waals surface area contributed by atoms with Gasteiger partial charge in [0.2, 0.25) is 0 Å². The van der Waals surface area contributed by atoms with Crippen LogP contribution in [-0.2, 0) is 16.0 Å². The van der Waals surface area contributed by atoms with Crippen molar-refractivity contribution in [2.45, 2.75) is 32.8 Å². The third-order valence-corrected chi connectivity index (χ3v) is 3.38. The minimum Gasteiger partial charge on any atom is -0.371 e. The van der Waals surface area contributed by atoms with Crippen LogP contribution in [0.4, 0.5) is 4.39 Å². The molecule has 0 radical (unpaired) electrons. The molecule has 94 valence electrons. The second-order valence-corrected chi connectivity index (χ2v) is 4.50. The monoisotopic (exact) mass is 302 g/mol. The summed E-state index contributed by atoms with van der Waals surface area (Å²) < 4.78 is 19.0. The van der Waals surface area contributed by atoms with E-state index in [9.17, 15) is 9.18 Å². The van der Waals surface area contributed by atoms with Crippen LogP contribution in [0.2, 0.25) is 0 Å². The summed E-state index contributed by atoms with van der Waals surface area (Å²) in [6.45, 7) is 4.27. The highest BCUT2D eigenvalue weighted by molar-refractivity contribution is 9.10. The van der Waals surface area contributed by atoms with Gasteiger partial charge in [-0.3, -0.25) is 4.79 Å². The standard InChI is InChI=1S/C13H16BrFO2/c1-3-12(17-4-2)11(16)8-9-6-5-7-10(15)13(9)14/h5-7,12H,3-4,8H2,1-2H3. The molecular formula is C13H16BrFO2. The number of hydrogen-bond acceptors (Lipinski definition) is 2. The van der Waals surface area contributed by atoms with E-state index in [1.807, 2.05) is 13.8 Å². The molecule has 1 atom stereocenters. The maximum atomic E-state index is 13.3. The number of rotatable bonds is 6. The van der Waals surface area contributed by atoms with Gasteiger partial charge in [0.15, 0.2) is 5.78 Å². The number of hydrogen-bond donors (Lipinski definition) is 0. The molecule has 0 bridgehead atoms. The third kappa shape index (κ3) is 3.89. The second kappa shape index (κ2) is 6.87. The van der Waals surface area contributed by atoms with Gasteiger partial charge in [0.05, 0.1) is 4.47 Å². The lowest BCUT2D eigenvalue weighted by Crippen LogP contribution is -2.25. The summed E-state index contributed by atoms with van der Waals surface area (Å²) in [5.41, 5.74) is 0.660. The molecule has 2 nitrogen and oxygen atoms in total. The summed E-state index contributed by atoms with van der Waals surface area (Å²) in [5.74, 6) is -0.361. The Balaban J connectivity index is 2.76. The van der Waals surface area contributed by atoms with E-state index >= 15 is 0 Å². The first kappa shape index (κ1) is 14.3. The van der Waals surface area contributed by atoms with Crippen LogP contribution in [0.1, 0.15) is 25.8 Å². The highest BCUT2D eigenvalue weighted by atomic mass is 79.9. The van der Waals surface area contributed by atoms with Crippen molar-refractivity contribution in [2.24, 2.45) is 0 Å². The van der Waals surface area contributed by atoms with Gasteiger partial charge in [-0.2, -0.15) is 0 Å². The summed E-state index contributed by atoms with van der Waals surface area (Å²) in [7, 11) is 0. The molecule has 1 aromatic rings. The van der Waals surface area contributed by atoms with E-state index < -0.39 is 6.10 Å². The fourth-order valence-corrected chi connectivity index (χ4v) is 2.03. The van der Waals surface area contributed by atoms with Crippen LogP contribution in [0.5, 0.6) is 0 Å². The average molecular weight is 303 g/mol. The predicted octanol–water partition coefficient (Wildman–Crippen LogP) is 3.51. The van der Waals surface area contributed by atoms with Crippen LogP contribution < -0.4 is 0 Å². The molecule has 0 fully saturated rings. The van der Waals surface area contributed by atoms with Crippen molar-refractivity contribution in [3.8, 4) is 0 Å². The molecule has 0 aliphatic rings. The summed E-state index contributed by atoms with van der Waals surface area (Å²) in [6.07, 6.45) is 0.436. The Hall–Kier alpha value is -0.740. The van der Waals surface area contributed by atoms with Gasteiger partial charge in [-0.05, 0) is 40.9 Å². The van der Waals surface area contributed by atoms with Gasteiger partial charge in [-0.15, -0.1) is 0 Å². The number of carbonyl (C=O) groups excluding carboxylic acids is 1. The first-order chi connectivity index (χ1) is 8.10. The molecule has 0 N–H and O–H groups in total. The Labute approximate surface area is 109 Å². The molecule has 0 heterocycles. The molecule has 0 saturated heterocycles. The minimum atomic E-state index is -0.393. The number of benzene rings is 1. The smallest absolute Gasteiger partial charge is 0.165 e. The van der Waals surface area contributed by atoms with E-state index in [2.05, 4.69) is 15.9 Å². The van der Waals surface area contributed by atoms with Gasteiger partial charge in [0.1, 0.15) is 11.9 Å². The van der Waals surface area contributed by atoms with E-state index in [-0.39, 0.29) is 18.0 Å². The van der Waals surface area contributed by atoms with Crippen molar-refractivity contribution in [2.75, 3.05) is 6.61 Å². The Morgan fingerprint density at radius 3 is 2.76 bits per heavy atom. The summed E-state index contributed by atoms with van der Waals surface area (Å²) in [5, 5.41) is 0. The quantitative estimate of drug-likeness (QED) is 0.804. The SMILES string of the molecule is CCOC(CC)C(=O)Cc1cccc(F)c1Br. The highest BCUT2D eigenvalue weighted by Gasteiger charge is 2.18. The van der Waals surface area contributed by atoms with Crippen LogP contribution in [0, 0.1) is 5.82 Å². The van der Waals surface area contributed by atoms with Crippen LogP contribution >= 0.6 is 15.9 Å². The van der Waals surface area contributed by atoms with Gasteiger partial charge in [-0.1, -0.05) is 19.1 Å².